The highest BCUT2D eigenvalue weighted by Gasteiger charge is 2.20. The molecule has 1 aromatic heterocycles. The maximum Gasteiger partial charge on any atom is 0.119 e. The van der Waals surface area contributed by atoms with Crippen molar-refractivity contribution in [2.24, 2.45) is 0 Å². The summed E-state index contributed by atoms with van der Waals surface area (Å²) < 4.78 is 5.46. The van der Waals surface area contributed by atoms with Gasteiger partial charge in [-0.3, -0.25) is 0 Å². The van der Waals surface area contributed by atoms with Gasteiger partial charge in [0.1, 0.15) is 5.75 Å². The van der Waals surface area contributed by atoms with Gasteiger partial charge in [0.05, 0.1) is 7.11 Å². The van der Waals surface area contributed by atoms with Crippen LogP contribution in [0.1, 0.15) is 52.7 Å². The summed E-state index contributed by atoms with van der Waals surface area (Å²) in [6, 6.07) is 28.8. The molecule has 0 saturated heterocycles. The molecule has 0 amide bonds. The number of methoxy groups -OCH3 is 1. The number of nitrogens with one attached hydrogen (secondary N) is 1. The Morgan fingerprint density at radius 3 is 1.71 bits per heavy atom. The molecule has 0 bridgehead atoms. The maximum atomic E-state index is 5.46. The molecule has 178 valence electrons. The van der Waals surface area contributed by atoms with Crippen LogP contribution in [-0.4, -0.2) is 12.1 Å². The molecule has 0 radical (unpaired) electrons. The van der Waals surface area contributed by atoms with Crippen molar-refractivity contribution in [2.45, 2.75) is 52.4 Å². The van der Waals surface area contributed by atoms with Gasteiger partial charge in [0.25, 0.3) is 0 Å². The molecule has 35 heavy (non-hydrogen) atoms. The molecule has 5 aromatic rings. The summed E-state index contributed by atoms with van der Waals surface area (Å²) in [6.07, 6.45) is 0. The standard InChI is InChI=1S/C33H35NO/c1-32(2,3)24-13-11-21-17-22-12-14-25(33(4,5)6)20-28(22)31(27(21)19-24)30-16-15-29(34-30)23-9-8-10-26(18-23)35-7/h8-20,34H,1-7H3. The first-order chi connectivity index (χ1) is 16.5. The van der Waals surface area contributed by atoms with E-state index in [1.54, 1.807) is 7.11 Å². The molecule has 5 rings (SSSR count). The van der Waals surface area contributed by atoms with Crippen LogP contribution in [0, 0.1) is 0 Å². The second-order valence-electron chi connectivity index (χ2n) is 11.6. The number of ether oxygens (including phenoxy) is 1. The molecular formula is C33H35NO. The van der Waals surface area contributed by atoms with Gasteiger partial charge >= 0.3 is 0 Å². The molecule has 1 heterocycles. The van der Waals surface area contributed by atoms with E-state index in [1.165, 1.54) is 38.2 Å². The van der Waals surface area contributed by atoms with Crippen LogP contribution in [0.5, 0.6) is 5.75 Å². The number of hydrogen-bond acceptors (Lipinski definition) is 1. The highest BCUT2D eigenvalue weighted by Crippen LogP contribution is 2.40. The average Bonchev–Trinajstić information content (AvgIpc) is 3.30. The van der Waals surface area contributed by atoms with Crippen LogP contribution in [0.25, 0.3) is 44.1 Å². The minimum atomic E-state index is 0.0785. The first kappa shape index (κ1) is 23.2. The molecule has 0 spiro atoms. The maximum absolute atomic E-state index is 5.46. The van der Waals surface area contributed by atoms with Crippen LogP contribution in [-0.2, 0) is 10.8 Å². The van der Waals surface area contributed by atoms with Gasteiger partial charge in [-0.05, 0) is 86.0 Å². The third-order valence-electron chi connectivity index (χ3n) is 7.02. The van der Waals surface area contributed by atoms with Crippen LogP contribution >= 0.6 is 0 Å². The monoisotopic (exact) mass is 461 g/mol. The first-order valence-electron chi connectivity index (χ1n) is 12.4. The molecule has 0 fully saturated rings. The predicted octanol–water partition coefficient (Wildman–Crippen LogP) is 9.26. The number of rotatable bonds is 3. The zero-order valence-electron chi connectivity index (χ0n) is 21.9. The lowest BCUT2D eigenvalue weighted by atomic mass is 9.82. The van der Waals surface area contributed by atoms with E-state index in [9.17, 15) is 0 Å². The summed E-state index contributed by atoms with van der Waals surface area (Å²) in [5, 5.41) is 5.10. The molecule has 0 unspecified atom stereocenters. The van der Waals surface area contributed by atoms with Gasteiger partial charge in [-0.2, -0.15) is 0 Å². The van der Waals surface area contributed by atoms with E-state index in [1.807, 2.05) is 12.1 Å². The smallest absolute Gasteiger partial charge is 0.119 e. The van der Waals surface area contributed by atoms with Crippen molar-refractivity contribution in [3.63, 3.8) is 0 Å². The summed E-state index contributed by atoms with van der Waals surface area (Å²) in [5.74, 6) is 0.860. The summed E-state index contributed by atoms with van der Waals surface area (Å²) in [6.45, 7) is 13.7. The van der Waals surface area contributed by atoms with E-state index in [4.69, 9.17) is 4.74 Å². The van der Waals surface area contributed by atoms with E-state index < -0.39 is 0 Å². The first-order valence-corrected chi connectivity index (χ1v) is 12.4. The van der Waals surface area contributed by atoms with Gasteiger partial charge in [-0.15, -0.1) is 0 Å². The van der Waals surface area contributed by atoms with Gasteiger partial charge in [0.15, 0.2) is 0 Å². The number of fused-ring (bicyclic) bond motifs is 2. The quantitative estimate of drug-likeness (QED) is 0.266. The zero-order chi connectivity index (χ0) is 25.0. The molecule has 2 nitrogen and oxygen atoms in total. The van der Waals surface area contributed by atoms with Crippen LogP contribution in [0.2, 0.25) is 0 Å². The summed E-state index contributed by atoms with van der Waals surface area (Å²) in [5.41, 5.74) is 7.45. The van der Waals surface area contributed by atoms with Crippen LogP contribution in [0.15, 0.2) is 78.9 Å². The van der Waals surface area contributed by atoms with Crippen LogP contribution < -0.4 is 4.74 Å². The molecule has 0 aliphatic carbocycles. The van der Waals surface area contributed by atoms with Crippen molar-refractivity contribution >= 4 is 21.5 Å². The Balaban J connectivity index is 1.81. The Labute approximate surface area is 209 Å². The molecule has 4 aromatic carbocycles. The number of aromatic amines is 1. The largest absolute Gasteiger partial charge is 0.497 e. The molecule has 1 N–H and O–H groups in total. The van der Waals surface area contributed by atoms with Crippen molar-refractivity contribution in [1.82, 2.24) is 4.98 Å². The van der Waals surface area contributed by atoms with Crippen molar-refractivity contribution in [3.8, 4) is 28.3 Å². The molecule has 0 atom stereocenters. The van der Waals surface area contributed by atoms with Crippen molar-refractivity contribution in [3.05, 3.63) is 90.0 Å². The zero-order valence-corrected chi connectivity index (χ0v) is 21.9. The Bertz CT molecular complexity index is 1470. The van der Waals surface area contributed by atoms with Gasteiger partial charge in [0, 0.05) is 22.5 Å². The van der Waals surface area contributed by atoms with E-state index >= 15 is 0 Å². The fraction of sp³-hybridized carbons (Fsp3) is 0.273. The number of hydrogen-bond donors (Lipinski definition) is 1. The number of aromatic nitrogens is 1. The van der Waals surface area contributed by atoms with Crippen LogP contribution in [0.4, 0.5) is 0 Å². The lowest BCUT2D eigenvalue weighted by Crippen LogP contribution is -2.11. The van der Waals surface area contributed by atoms with Crippen molar-refractivity contribution in [2.75, 3.05) is 7.11 Å². The second kappa shape index (κ2) is 8.30. The number of benzene rings is 4. The van der Waals surface area contributed by atoms with E-state index in [-0.39, 0.29) is 10.8 Å². The van der Waals surface area contributed by atoms with Gasteiger partial charge in [-0.25, -0.2) is 0 Å². The van der Waals surface area contributed by atoms with Crippen LogP contribution in [0.3, 0.4) is 0 Å². The Morgan fingerprint density at radius 1 is 0.600 bits per heavy atom. The minimum absolute atomic E-state index is 0.0785. The fourth-order valence-electron chi connectivity index (χ4n) is 4.83. The van der Waals surface area contributed by atoms with Gasteiger partial charge < -0.3 is 9.72 Å². The molecule has 2 heteroatoms. The normalized spacial score (nSPS) is 12.4. The van der Waals surface area contributed by atoms with Crippen molar-refractivity contribution < 1.29 is 4.74 Å². The van der Waals surface area contributed by atoms with E-state index in [0.717, 1.165) is 22.7 Å². The van der Waals surface area contributed by atoms with Crippen molar-refractivity contribution in [1.29, 1.82) is 0 Å². The summed E-state index contributed by atoms with van der Waals surface area (Å²) >= 11 is 0. The third-order valence-corrected chi connectivity index (χ3v) is 7.02. The SMILES string of the molecule is COc1cccc(-c2ccc(-c3c4cc(C(C)(C)C)ccc4cc4ccc(C(C)(C)C)cc34)[nH]2)c1. The second-order valence-corrected chi connectivity index (χ2v) is 11.6. The Kier molecular flexibility index (Phi) is 5.51. The molecule has 0 saturated carbocycles. The number of H-pyrrole nitrogens is 1. The predicted molar refractivity (Wildman–Crippen MR) is 151 cm³/mol. The van der Waals surface area contributed by atoms with E-state index in [2.05, 4.69) is 113 Å². The van der Waals surface area contributed by atoms with E-state index in [0.29, 0.717) is 0 Å². The fourth-order valence-corrected chi connectivity index (χ4v) is 4.83. The lowest BCUT2D eigenvalue weighted by molar-refractivity contribution is 0.415. The summed E-state index contributed by atoms with van der Waals surface area (Å²) in [4.78, 5) is 3.74. The molecular weight excluding hydrogens is 426 g/mol. The third kappa shape index (κ3) is 4.34. The average molecular weight is 462 g/mol. The Hall–Kier alpha value is -3.52. The van der Waals surface area contributed by atoms with Gasteiger partial charge in [-0.1, -0.05) is 77.9 Å². The minimum Gasteiger partial charge on any atom is -0.497 e. The lowest BCUT2D eigenvalue weighted by Gasteiger charge is -2.22. The molecule has 0 aliphatic heterocycles. The summed E-state index contributed by atoms with van der Waals surface area (Å²) in [7, 11) is 1.71. The molecule has 0 aliphatic rings. The highest BCUT2D eigenvalue weighted by molar-refractivity contribution is 6.12. The topological polar surface area (TPSA) is 25.0 Å². The van der Waals surface area contributed by atoms with Gasteiger partial charge in [0.2, 0.25) is 0 Å². The highest BCUT2D eigenvalue weighted by atomic mass is 16.5. The Morgan fingerprint density at radius 2 is 1.17 bits per heavy atom.